The van der Waals surface area contributed by atoms with Gasteiger partial charge in [0.1, 0.15) is 6.07 Å². The summed E-state index contributed by atoms with van der Waals surface area (Å²) in [4.78, 5) is 4.23. The molecule has 0 atom stereocenters. The van der Waals surface area contributed by atoms with Crippen LogP contribution in [0.5, 0.6) is 0 Å². The zero-order valence-electron chi connectivity index (χ0n) is 8.61. The summed E-state index contributed by atoms with van der Waals surface area (Å²) in [6.07, 6.45) is 0. The first-order valence-corrected chi connectivity index (χ1v) is 5.52. The van der Waals surface area contributed by atoms with Crippen molar-refractivity contribution in [2.75, 3.05) is 0 Å². The maximum Gasteiger partial charge on any atom is 0.194 e. The summed E-state index contributed by atoms with van der Waals surface area (Å²) in [5, 5.41) is 11.1. The number of hydrogen-bond acceptors (Lipinski definition) is 3. The summed E-state index contributed by atoms with van der Waals surface area (Å²) in [7, 11) is 0. The maximum absolute atomic E-state index is 8.69. The molecule has 2 rings (SSSR count). The largest absolute Gasteiger partial charge is 0.226 e. The van der Waals surface area contributed by atoms with Crippen molar-refractivity contribution in [3.8, 4) is 17.3 Å². The Hall–Kier alpha value is -1.66. The highest BCUT2D eigenvalue weighted by atomic mass is 32.1. The van der Waals surface area contributed by atoms with Crippen molar-refractivity contribution < 1.29 is 0 Å². The molecule has 1 aromatic heterocycles. The summed E-state index contributed by atoms with van der Waals surface area (Å²) >= 11 is 1.38. The molecular formula is C12H10N2S. The average molecular weight is 214 g/mol. The van der Waals surface area contributed by atoms with Crippen molar-refractivity contribution in [2.24, 2.45) is 0 Å². The van der Waals surface area contributed by atoms with E-state index in [4.69, 9.17) is 5.26 Å². The second-order valence-electron chi connectivity index (χ2n) is 3.45. The topological polar surface area (TPSA) is 36.7 Å². The first-order chi connectivity index (χ1) is 7.20. The van der Waals surface area contributed by atoms with Gasteiger partial charge in [-0.1, -0.05) is 12.1 Å². The highest BCUT2D eigenvalue weighted by Gasteiger charge is 2.04. The lowest BCUT2D eigenvalue weighted by Crippen LogP contribution is -1.83. The van der Waals surface area contributed by atoms with Crippen LogP contribution < -0.4 is 0 Å². The average Bonchev–Trinajstić information content (AvgIpc) is 2.70. The summed E-state index contributed by atoms with van der Waals surface area (Å²) in [5.74, 6) is 0. The number of aromatic nitrogens is 1. The molecule has 0 fully saturated rings. The lowest BCUT2D eigenvalue weighted by Gasteiger charge is -2.01. The van der Waals surface area contributed by atoms with Crippen LogP contribution in [0.3, 0.4) is 0 Å². The zero-order valence-corrected chi connectivity index (χ0v) is 9.43. The van der Waals surface area contributed by atoms with E-state index in [1.807, 2.05) is 11.4 Å². The van der Waals surface area contributed by atoms with Crippen LogP contribution in [0, 0.1) is 25.2 Å². The fourth-order valence-electron chi connectivity index (χ4n) is 1.36. The Labute approximate surface area is 92.8 Å². The molecule has 0 amide bonds. The van der Waals surface area contributed by atoms with Gasteiger partial charge >= 0.3 is 0 Å². The number of hydrogen-bond donors (Lipinski definition) is 0. The number of thiazole rings is 1. The quantitative estimate of drug-likeness (QED) is 0.730. The lowest BCUT2D eigenvalue weighted by molar-refractivity contribution is 1.31. The van der Waals surface area contributed by atoms with Crippen LogP contribution in [0.15, 0.2) is 23.6 Å². The molecule has 1 heterocycles. The van der Waals surface area contributed by atoms with Crippen LogP contribution in [0.2, 0.25) is 0 Å². The molecular weight excluding hydrogens is 204 g/mol. The molecule has 0 unspecified atom stereocenters. The molecule has 2 aromatic rings. The summed E-state index contributed by atoms with van der Waals surface area (Å²) in [5.41, 5.74) is 4.49. The highest BCUT2D eigenvalue weighted by molar-refractivity contribution is 7.10. The number of nitriles is 1. The van der Waals surface area contributed by atoms with E-state index in [9.17, 15) is 0 Å². The van der Waals surface area contributed by atoms with E-state index in [2.05, 4.69) is 37.0 Å². The summed E-state index contributed by atoms with van der Waals surface area (Å²) in [6.45, 7) is 4.16. The predicted octanol–water partition coefficient (Wildman–Crippen LogP) is 3.30. The van der Waals surface area contributed by atoms with Crippen molar-refractivity contribution in [1.82, 2.24) is 4.98 Å². The van der Waals surface area contributed by atoms with Gasteiger partial charge in [0, 0.05) is 10.9 Å². The molecule has 74 valence electrons. The molecule has 3 heteroatoms. The monoisotopic (exact) mass is 214 g/mol. The van der Waals surface area contributed by atoms with Gasteiger partial charge in [-0.3, -0.25) is 0 Å². The Morgan fingerprint density at radius 3 is 2.67 bits per heavy atom. The molecule has 2 nitrogen and oxygen atoms in total. The molecule has 0 radical (unpaired) electrons. The standard InChI is InChI=1S/C12H10N2S/c1-8-3-4-10(5-9(8)2)11-7-15-12(6-13)14-11/h3-5,7H,1-2H3. The van der Waals surface area contributed by atoms with E-state index < -0.39 is 0 Å². The second kappa shape index (κ2) is 3.84. The highest BCUT2D eigenvalue weighted by Crippen LogP contribution is 2.23. The van der Waals surface area contributed by atoms with Gasteiger partial charge in [0.15, 0.2) is 5.01 Å². The van der Waals surface area contributed by atoms with Gasteiger partial charge in [-0.05, 0) is 31.0 Å². The Morgan fingerprint density at radius 1 is 1.27 bits per heavy atom. The third kappa shape index (κ3) is 1.90. The Morgan fingerprint density at radius 2 is 2.07 bits per heavy atom. The van der Waals surface area contributed by atoms with Crippen LogP contribution in [-0.4, -0.2) is 4.98 Å². The predicted molar refractivity (Wildman–Crippen MR) is 61.7 cm³/mol. The SMILES string of the molecule is Cc1ccc(-c2csc(C#N)n2)cc1C. The van der Waals surface area contributed by atoms with E-state index >= 15 is 0 Å². The van der Waals surface area contributed by atoms with Crippen molar-refractivity contribution in [3.63, 3.8) is 0 Å². The number of aryl methyl sites for hydroxylation is 2. The van der Waals surface area contributed by atoms with Gasteiger partial charge in [0.25, 0.3) is 0 Å². The molecule has 0 N–H and O–H groups in total. The van der Waals surface area contributed by atoms with Crippen LogP contribution in [0.25, 0.3) is 11.3 Å². The molecule has 0 bridgehead atoms. The normalized spacial score (nSPS) is 9.93. The van der Waals surface area contributed by atoms with Gasteiger partial charge < -0.3 is 0 Å². The number of benzene rings is 1. The van der Waals surface area contributed by atoms with Crippen molar-refractivity contribution in [1.29, 1.82) is 5.26 Å². The molecule has 0 aliphatic rings. The molecule has 0 spiro atoms. The molecule has 0 aliphatic carbocycles. The van der Waals surface area contributed by atoms with Crippen LogP contribution in [0.4, 0.5) is 0 Å². The van der Waals surface area contributed by atoms with Gasteiger partial charge in [0.05, 0.1) is 5.69 Å². The Bertz CT molecular complexity index is 535. The van der Waals surface area contributed by atoms with E-state index in [1.54, 1.807) is 0 Å². The molecule has 1 aromatic carbocycles. The Kier molecular flexibility index (Phi) is 2.53. The van der Waals surface area contributed by atoms with E-state index in [1.165, 1.54) is 22.5 Å². The molecule has 0 saturated carbocycles. The summed E-state index contributed by atoms with van der Waals surface area (Å²) < 4.78 is 0. The van der Waals surface area contributed by atoms with Crippen molar-refractivity contribution >= 4 is 11.3 Å². The molecule has 15 heavy (non-hydrogen) atoms. The lowest BCUT2D eigenvalue weighted by atomic mass is 10.1. The molecule has 0 aliphatic heterocycles. The van der Waals surface area contributed by atoms with Crippen molar-refractivity contribution in [3.05, 3.63) is 39.7 Å². The van der Waals surface area contributed by atoms with Crippen LogP contribution in [0.1, 0.15) is 16.1 Å². The van der Waals surface area contributed by atoms with Gasteiger partial charge in [0.2, 0.25) is 0 Å². The van der Waals surface area contributed by atoms with Gasteiger partial charge in [-0.25, -0.2) is 4.98 Å². The Balaban J connectivity index is 2.46. The van der Waals surface area contributed by atoms with E-state index in [0.29, 0.717) is 5.01 Å². The van der Waals surface area contributed by atoms with E-state index in [-0.39, 0.29) is 0 Å². The second-order valence-corrected chi connectivity index (χ2v) is 4.31. The van der Waals surface area contributed by atoms with Crippen LogP contribution >= 0.6 is 11.3 Å². The third-order valence-corrected chi connectivity index (χ3v) is 3.15. The fraction of sp³-hybridized carbons (Fsp3) is 0.167. The zero-order chi connectivity index (χ0) is 10.8. The minimum atomic E-state index is 0.517. The number of rotatable bonds is 1. The smallest absolute Gasteiger partial charge is 0.194 e. The first-order valence-electron chi connectivity index (χ1n) is 4.64. The number of nitrogens with zero attached hydrogens (tertiary/aromatic N) is 2. The maximum atomic E-state index is 8.69. The minimum Gasteiger partial charge on any atom is -0.226 e. The van der Waals surface area contributed by atoms with E-state index in [0.717, 1.165) is 11.3 Å². The third-order valence-electron chi connectivity index (χ3n) is 2.40. The van der Waals surface area contributed by atoms with Crippen molar-refractivity contribution in [2.45, 2.75) is 13.8 Å². The fourth-order valence-corrected chi connectivity index (χ4v) is 1.97. The molecule has 0 saturated heterocycles. The van der Waals surface area contributed by atoms with Gasteiger partial charge in [-0.15, -0.1) is 11.3 Å². The van der Waals surface area contributed by atoms with Crippen LogP contribution in [-0.2, 0) is 0 Å². The first kappa shape index (κ1) is 9.88. The van der Waals surface area contributed by atoms with Gasteiger partial charge in [-0.2, -0.15) is 5.26 Å². The minimum absolute atomic E-state index is 0.517. The summed E-state index contributed by atoms with van der Waals surface area (Å²) in [6, 6.07) is 8.27.